The van der Waals surface area contributed by atoms with Crippen LogP contribution < -0.4 is 4.74 Å². The van der Waals surface area contributed by atoms with Crippen molar-refractivity contribution in [3.8, 4) is 11.5 Å². The fourth-order valence-electron chi connectivity index (χ4n) is 0.763. The normalized spacial score (nSPS) is 9.31. The van der Waals surface area contributed by atoms with Crippen LogP contribution in [0.5, 0.6) is 11.5 Å². The third-order valence-electron chi connectivity index (χ3n) is 1.57. The van der Waals surface area contributed by atoms with E-state index < -0.39 is 0 Å². The van der Waals surface area contributed by atoms with Crippen molar-refractivity contribution >= 4 is 0 Å². The van der Waals surface area contributed by atoms with E-state index in [0.717, 1.165) is 5.57 Å². The monoisotopic (exact) mass is 176 g/mol. The van der Waals surface area contributed by atoms with Gasteiger partial charge < -0.3 is 9.84 Å². The van der Waals surface area contributed by atoms with Gasteiger partial charge in [0, 0.05) is 0 Å². The fraction of sp³-hybridized carbons (Fsp3) is 0.0909. The average molecular weight is 176 g/mol. The SMILES string of the molecule is C=C(C)C(=C)Oc1ccccc1O. The van der Waals surface area contributed by atoms with E-state index in [1.165, 1.54) is 0 Å². The van der Waals surface area contributed by atoms with E-state index in [4.69, 9.17) is 4.74 Å². The van der Waals surface area contributed by atoms with Gasteiger partial charge in [0.2, 0.25) is 0 Å². The van der Waals surface area contributed by atoms with Crippen LogP contribution in [0.4, 0.5) is 0 Å². The summed E-state index contributed by atoms with van der Waals surface area (Å²) in [6.07, 6.45) is 0. The van der Waals surface area contributed by atoms with Crippen LogP contribution in [0.15, 0.2) is 48.8 Å². The van der Waals surface area contributed by atoms with Gasteiger partial charge in [-0.3, -0.25) is 0 Å². The summed E-state index contributed by atoms with van der Waals surface area (Å²) >= 11 is 0. The van der Waals surface area contributed by atoms with E-state index >= 15 is 0 Å². The number of hydrogen-bond donors (Lipinski definition) is 1. The molecule has 0 bridgehead atoms. The average Bonchev–Trinajstić information content (AvgIpc) is 2.08. The quantitative estimate of drug-likeness (QED) is 0.566. The van der Waals surface area contributed by atoms with E-state index in [-0.39, 0.29) is 5.75 Å². The molecule has 2 heteroatoms. The zero-order valence-corrected chi connectivity index (χ0v) is 7.58. The second-order valence-corrected chi connectivity index (χ2v) is 2.77. The molecule has 1 rings (SSSR count). The first-order valence-corrected chi connectivity index (χ1v) is 3.92. The molecule has 0 spiro atoms. The van der Waals surface area contributed by atoms with Crippen LogP contribution in [0, 0.1) is 0 Å². The molecule has 0 heterocycles. The lowest BCUT2D eigenvalue weighted by Gasteiger charge is -2.08. The Bertz CT molecular complexity index is 340. The van der Waals surface area contributed by atoms with Crippen molar-refractivity contribution in [1.82, 2.24) is 0 Å². The van der Waals surface area contributed by atoms with E-state index in [2.05, 4.69) is 13.2 Å². The number of hydrogen-bond acceptors (Lipinski definition) is 2. The predicted molar refractivity (Wildman–Crippen MR) is 52.7 cm³/mol. The minimum atomic E-state index is 0.102. The van der Waals surface area contributed by atoms with Crippen molar-refractivity contribution in [3.05, 3.63) is 48.8 Å². The molecule has 0 aliphatic carbocycles. The van der Waals surface area contributed by atoms with Crippen molar-refractivity contribution in [2.45, 2.75) is 6.92 Å². The van der Waals surface area contributed by atoms with Gasteiger partial charge in [0.1, 0.15) is 5.76 Å². The highest BCUT2D eigenvalue weighted by Crippen LogP contribution is 2.27. The summed E-state index contributed by atoms with van der Waals surface area (Å²) in [5.41, 5.74) is 0.739. The molecule has 0 aliphatic heterocycles. The molecule has 1 aromatic rings. The molecule has 0 fully saturated rings. The fourth-order valence-corrected chi connectivity index (χ4v) is 0.763. The van der Waals surface area contributed by atoms with Crippen LogP contribution in [0.1, 0.15) is 6.92 Å². The molecule has 13 heavy (non-hydrogen) atoms. The highest BCUT2D eigenvalue weighted by Gasteiger charge is 2.02. The Morgan fingerprint density at radius 1 is 1.31 bits per heavy atom. The molecule has 1 N–H and O–H groups in total. The van der Waals surface area contributed by atoms with Crippen LogP contribution in [0.25, 0.3) is 0 Å². The van der Waals surface area contributed by atoms with Gasteiger partial charge in [0.15, 0.2) is 11.5 Å². The van der Waals surface area contributed by atoms with Crippen molar-refractivity contribution in [2.24, 2.45) is 0 Å². The molecule has 0 unspecified atom stereocenters. The molecule has 0 saturated heterocycles. The first-order valence-electron chi connectivity index (χ1n) is 3.92. The van der Waals surface area contributed by atoms with E-state index in [1.54, 1.807) is 31.2 Å². The van der Waals surface area contributed by atoms with Crippen molar-refractivity contribution in [3.63, 3.8) is 0 Å². The first kappa shape index (κ1) is 9.39. The van der Waals surface area contributed by atoms with Crippen LogP contribution in [0.3, 0.4) is 0 Å². The Hall–Kier alpha value is -1.70. The zero-order valence-electron chi connectivity index (χ0n) is 7.58. The maximum absolute atomic E-state index is 9.35. The van der Waals surface area contributed by atoms with Crippen LogP contribution in [-0.2, 0) is 0 Å². The van der Waals surface area contributed by atoms with E-state index in [0.29, 0.717) is 11.5 Å². The lowest BCUT2D eigenvalue weighted by atomic mass is 10.3. The molecular formula is C11H12O2. The van der Waals surface area contributed by atoms with Crippen LogP contribution in [-0.4, -0.2) is 5.11 Å². The van der Waals surface area contributed by atoms with Crippen molar-refractivity contribution < 1.29 is 9.84 Å². The number of rotatable bonds is 3. The predicted octanol–water partition coefficient (Wildman–Crippen LogP) is 2.86. The highest BCUT2D eigenvalue weighted by molar-refractivity contribution is 5.40. The van der Waals surface area contributed by atoms with Gasteiger partial charge >= 0.3 is 0 Å². The topological polar surface area (TPSA) is 29.5 Å². The van der Waals surface area contributed by atoms with Gasteiger partial charge in [-0.05, 0) is 24.6 Å². The summed E-state index contributed by atoms with van der Waals surface area (Å²) in [7, 11) is 0. The molecule has 2 nitrogen and oxygen atoms in total. The summed E-state index contributed by atoms with van der Waals surface area (Å²) in [6.45, 7) is 9.13. The van der Waals surface area contributed by atoms with E-state index in [9.17, 15) is 5.11 Å². The van der Waals surface area contributed by atoms with Gasteiger partial charge in [-0.1, -0.05) is 25.3 Å². The summed E-state index contributed by atoms with van der Waals surface area (Å²) in [4.78, 5) is 0. The smallest absolute Gasteiger partial charge is 0.169 e. The Labute approximate surface area is 77.8 Å². The van der Waals surface area contributed by atoms with Gasteiger partial charge in [-0.25, -0.2) is 0 Å². The summed E-state index contributed by atoms with van der Waals surface area (Å²) in [5.74, 6) is 0.960. The maximum atomic E-state index is 9.35. The third kappa shape index (κ3) is 2.37. The number of benzene rings is 1. The highest BCUT2D eigenvalue weighted by atomic mass is 16.5. The summed E-state index contributed by atoms with van der Waals surface area (Å²) in [5, 5.41) is 9.35. The molecule has 0 atom stereocenters. The largest absolute Gasteiger partial charge is 0.504 e. The van der Waals surface area contributed by atoms with Gasteiger partial charge in [0.25, 0.3) is 0 Å². The Morgan fingerprint density at radius 2 is 1.92 bits per heavy atom. The number of phenolic OH excluding ortho intramolecular Hbond substituents is 1. The molecule has 0 radical (unpaired) electrons. The molecule has 0 aromatic heterocycles. The number of allylic oxidation sites excluding steroid dienone is 1. The minimum absolute atomic E-state index is 0.102. The van der Waals surface area contributed by atoms with Gasteiger partial charge in [-0.15, -0.1) is 0 Å². The molecule has 1 aromatic carbocycles. The second kappa shape index (κ2) is 3.81. The first-order chi connectivity index (χ1) is 6.11. The molecule has 0 amide bonds. The van der Waals surface area contributed by atoms with Crippen LogP contribution >= 0.6 is 0 Å². The summed E-state index contributed by atoms with van der Waals surface area (Å²) in [6, 6.07) is 6.73. The Morgan fingerprint density at radius 3 is 2.46 bits per heavy atom. The lowest BCUT2D eigenvalue weighted by molar-refractivity contribution is 0.389. The van der Waals surface area contributed by atoms with Gasteiger partial charge in [-0.2, -0.15) is 0 Å². The molecule has 0 saturated carbocycles. The number of ether oxygens (including phenoxy) is 1. The van der Waals surface area contributed by atoms with Crippen LogP contribution in [0.2, 0.25) is 0 Å². The van der Waals surface area contributed by atoms with Crippen molar-refractivity contribution in [2.75, 3.05) is 0 Å². The maximum Gasteiger partial charge on any atom is 0.169 e. The lowest BCUT2D eigenvalue weighted by Crippen LogP contribution is -1.93. The van der Waals surface area contributed by atoms with Crippen molar-refractivity contribution in [1.29, 1.82) is 0 Å². The van der Waals surface area contributed by atoms with E-state index in [1.807, 2.05) is 0 Å². The standard InChI is InChI=1S/C11H12O2/c1-8(2)9(3)13-11-7-5-4-6-10(11)12/h4-7,12H,1,3H2,2H3. The Kier molecular flexibility index (Phi) is 2.75. The zero-order chi connectivity index (χ0) is 9.84. The molecule has 0 aliphatic rings. The number of para-hydroxylation sites is 2. The minimum Gasteiger partial charge on any atom is -0.504 e. The Balaban J connectivity index is 2.81. The molecule has 68 valence electrons. The third-order valence-corrected chi connectivity index (χ3v) is 1.57. The second-order valence-electron chi connectivity index (χ2n) is 2.77. The van der Waals surface area contributed by atoms with Gasteiger partial charge in [0.05, 0.1) is 0 Å². The molecular weight excluding hydrogens is 164 g/mol. The number of aromatic hydroxyl groups is 1. The number of phenols is 1. The summed E-state index contributed by atoms with van der Waals surface area (Å²) < 4.78 is 5.26.